The van der Waals surface area contributed by atoms with Crippen molar-refractivity contribution in [3.63, 3.8) is 0 Å². The molecule has 0 radical (unpaired) electrons. The summed E-state index contributed by atoms with van der Waals surface area (Å²) in [4.78, 5) is 4.24. The fourth-order valence-electron chi connectivity index (χ4n) is 0.947. The molecule has 11 heavy (non-hydrogen) atoms. The van der Waals surface area contributed by atoms with Crippen molar-refractivity contribution >= 4 is 0 Å². The van der Waals surface area contributed by atoms with Crippen LogP contribution in [0.4, 0.5) is 0 Å². The van der Waals surface area contributed by atoms with Crippen molar-refractivity contribution in [3.8, 4) is 0 Å². The van der Waals surface area contributed by atoms with E-state index in [-0.39, 0.29) is 0 Å². The van der Waals surface area contributed by atoms with E-state index in [2.05, 4.69) is 25.0 Å². The van der Waals surface area contributed by atoms with E-state index in [1.165, 1.54) is 0 Å². The van der Waals surface area contributed by atoms with Crippen LogP contribution in [0.15, 0.2) is 12.5 Å². The molecule has 1 rings (SSSR count). The molecule has 3 nitrogen and oxygen atoms in total. The molecule has 0 aliphatic heterocycles. The molecule has 0 amide bonds. The second-order valence-electron chi connectivity index (χ2n) is 2.98. The van der Waals surface area contributed by atoms with Crippen LogP contribution in [0.2, 0.25) is 0 Å². The van der Waals surface area contributed by atoms with Crippen molar-refractivity contribution in [2.75, 3.05) is 6.54 Å². The van der Waals surface area contributed by atoms with Crippen LogP contribution in [0.3, 0.4) is 0 Å². The second kappa shape index (κ2) is 3.53. The molecule has 62 valence electrons. The predicted octanol–water partition coefficient (Wildman–Crippen LogP) is 0.965. The van der Waals surface area contributed by atoms with Crippen LogP contribution in [0.25, 0.3) is 0 Å². The maximum absolute atomic E-state index is 5.40. The number of nitrogens with two attached hydrogens (primary N) is 1. The van der Waals surface area contributed by atoms with Gasteiger partial charge in [0, 0.05) is 19.3 Å². The number of rotatable bonds is 3. The highest BCUT2D eigenvalue weighted by atomic mass is 15.0. The van der Waals surface area contributed by atoms with Crippen LogP contribution in [-0.4, -0.2) is 16.1 Å². The molecule has 0 saturated heterocycles. The van der Waals surface area contributed by atoms with Crippen molar-refractivity contribution in [2.24, 2.45) is 5.73 Å². The summed E-state index contributed by atoms with van der Waals surface area (Å²) in [5.74, 6) is 0.508. The van der Waals surface area contributed by atoms with Gasteiger partial charge in [0.25, 0.3) is 0 Å². The Hall–Kier alpha value is -0.830. The van der Waals surface area contributed by atoms with E-state index >= 15 is 0 Å². The molecule has 0 spiro atoms. The summed E-state index contributed by atoms with van der Waals surface area (Å²) < 4.78 is 2.02. The second-order valence-corrected chi connectivity index (χ2v) is 2.98. The Morgan fingerprint density at radius 1 is 1.64 bits per heavy atom. The molecule has 0 aliphatic carbocycles. The molecule has 0 bridgehead atoms. The first-order valence-corrected chi connectivity index (χ1v) is 3.95. The third-order valence-electron chi connectivity index (χ3n) is 1.63. The zero-order chi connectivity index (χ0) is 8.27. The summed E-state index contributed by atoms with van der Waals surface area (Å²) in [6.45, 7) is 5.80. The first-order chi connectivity index (χ1) is 5.24. The summed E-state index contributed by atoms with van der Waals surface area (Å²) in [6.07, 6.45) is 3.89. The number of nitrogens with zero attached hydrogens (tertiary/aromatic N) is 2. The maximum atomic E-state index is 5.40. The highest BCUT2D eigenvalue weighted by Gasteiger charge is 2.01. The van der Waals surface area contributed by atoms with Gasteiger partial charge in [-0.1, -0.05) is 13.8 Å². The van der Waals surface area contributed by atoms with E-state index in [1.54, 1.807) is 0 Å². The van der Waals surface area contributed by atoms with Gasteiger partial charge in [0.2, 0.25) is 0 Å². The van der Waals surface area contributed by atoms with Crippen molar-refractivity contribution in [2.45, 2.75) is 26.3 Å². The zero-order valence-electron chi connectivity index (χ0n) is 7.12. The summed E-state index contributed by atoms with van der Waals surface area (Å²) in [7, 11) is 0. The van der Waals surface area contributed by atoms with E-state index in [4.69, 9.17) is 5.73 Å². The van der Waals surface area contributed by atoms with Gasteiger partial charge in [-0.3, -0.25) is 0 Å². The van der Waals surface area contributed by atoms with Gasteiger partial charge in [0.15, 0.2) is 0 Å². The van der Waals surface area contributed by atoms with Crippen LogP contribution in [0, 0.1) is 0 Å². The fraction of sp³-hybridized carbons (Fsp3) is 0.625. The predicted molar refractivity (Wildman–Crippen MR) is 45.4 cm³/mol. The van der Waals surface area contributed by atoms with Crippen molar-refractivity contribution in [1.29, 1.82) is 0 Å². The van der Waals surface area contributed by atoms with Crippen LogP contribution >= 0.6 is 0 Å². The minimum Gasteiger partial charge on any atom is -0.336 e. The lowest BCUT2D eigenvalue weighted by Gasteiger charge is -1.98. The van der Waals surface area contributed by atoms with E-state index in [1.807, 2.05) is 10.9 Å². The molecular formula is C8H15N3. The Morgan fingerprint density at radius 2 is 2.36 bits per heavy atom. The smallest absolute Gasteiger partial charge is 0.0949 e. The standard InChI is InChI=1S/C8H15N3/c1-7(2)8-5-11(4-3-9)6-10-8/h5-7H,3-4,9H2,1-2H3. The number of hydrogen-bond donors (Lipinski definition) is 1. The monoisotopic (exact) mass is 153 g/mol. The Kier molecular flexibility index (Phi) is 2.65. The quantitative estimate of drug-likeness (QED) is 0.703. The van der Waals surface area contributed by atoms with Gasteiger partial charge in [0.1, 0.15) is 0 Å². The van der Waals surface area contributed by atoms with Crippen molar-refractivity contribution in [1.82, 2.24) is 9.55 Å². The Balaban J connectivity index is 2.66. The Morgan fingerprint density at radius 3 is 2.82 bits per heavy atom. The molecule has 0 atom stereocenters. The van der Waals surface area contributed by atoms with E-state index < -0.39 is 0 Å². The van der Waals surface area contributed by atoms with Crippen LogP contribution in [0.5, 0.6) is 0 Å². The average molecular weight is 153 g/mol. The Labute approximate surface area is 67.2 Å². The maximum Gasteiger partial charge on any atom is 0.0949 e. The Bertz CT molecular complexity index is 215. The highest BCUT2D eigenvalue weighted by molar-refractivity contribution is 5.01. The van der Waals surface area contributed by atoms with Crippen molar-refractivity contribution < 1.29 is 0 Å². The zero-order valence-corrected chi connectivity index (χ0v) is 7.12. The normalized spacial score (nSPS) is 10.9. The first kappa shape index (κ1) is 8.27. The van der Waals surface area contributed by atoms with E-state index in [0.29, 0.717) is 12.5 Å². The molecule has 3 heteroatoms. The lowest BCUT2D eigenvalue weighted by atomic mass is 10.2. The van der Waals surface area contributed by atoms with Gasteiger partial charge in [-0.2, -0.15) is 0 Å². The number of hydrogen-bond acceptors (Lipinski definition) is 2. The van der Waals surface area contributed by atoms with Crippen LogP contribution in [-0.2, 0) is 6.54 Å². The lowest BCUT2D eigenvalue weighted by Crippen LogP contribution is -2.07. The molecular weight excluding hydrogens is 138 g/mol. The fourth-order valence-corrected chi connectivity index (χ4v) is 0.947. The number of imidazole rings is 1. The van der Waals surface area contributed by atoms with E-state index in [0.717, 1.165) is 12.2 Å². The highest BCUT2D eigenvalue weighted by Crippen LogP contribution is 2.09. The topological polar surface area (TPSA) is 43.8 Å². The largest absolute Gasteiger partial charge is 0.336 e. The van der Waals surface area contributed by atoms with E-state index in [9.17, 15) is 0 Å². The third-order valence-corrected chi connectivity index (χ3v) is 1.63. The van der Waals surface area contributed by atoms with Gasteiger partial charge in [0.05, 0.1) is 12.0 Å². The average Bonchev–Trinajstić information content (AvgIpc) is 2.37. The van der Waals surface area contributed by atoms with Crippen LogP contribution < -0.4 is 5.73 Å². The third kappa shape index (κ3) is 2.05. The summed E-state index contributed by atoms with van der Waals surface area (Å²) in [5, 5.41) is 0. The van der Waals surface area contributed by atoms with Crippen LogP contribution in [0.1, 0.15) is 25.5 Å². The van der Waals surface area contributed by atoms with Gasteiger partial charge in [-0.15, -0.1) is 0 Å². The van der Waals surface area contributed by atoms with Gasteiger partial charge < -0.3 is 10.3 Å². The molecule has 0 unspecified atom stereocenters. The summed E-state index contributed by atoms with van der Waals surface area (Å²) >= 11 is 0. The first-order valence-electron chi connectivity index (χ1n) is 3.95. The van der Waals surface area contributed by atoms with Crippen molar-refractivity contribution in [3.05, 3.63) is 18.2 Å². The van der Waals surface area contributed by atoms with Gasteiger partial charge >= 0.3 is 0 Å². The molecule has 0 aromatic carbocycles. The SMILES string of the molecule is CC(C)c1cn(CCN)cn1. The molecule has 2 N–H and O–H groups in total. The number of aromatic nitrogens is 2. The molecule has 1 heterocycles. The van der Waals surface area contributed by atoms with Gasteiger partial charge in [-0.25, -0.2) is 4.98 Å². The summed E-state index contributed by atoms with van der Waals surface area (Å²) in [5.41, 5.74) is 6.53. The molecule has 1 aromatic rings. The lowest BCUT2D eigenvalue weighted by molar-refractivity contribution is 0.705. The molecule has 0 aliphatic rings. The minimum atomic E-state index is 0.508. The molecule has 0 saturated carbocycles. The van der Waals surface area contributed by atoms with Gasteiger partial charge in [-0.05, 0) is 5.92 Å². The minimum absolute atomic E-state index is 0.508. The molecule has 1 aromatic heterocycles. The molecule has 0 fully saturated rings. The summed E-state index contributed by atoms with van der Waals surface area (Å²) in [6, 6.07) is 0.